The Balaban J connectivity index is 0.000000234. The molecule has 150 valence electrons. The molecular formula is C25H26O4. The van der Waals surface area contributed by atoms with Gasteiger partial charge in [0, 0.05) is 11.1 Å². The maximum atomic E-state index is 10.8. The third-order valence-electron chi connectivity index (χ3n) is 5.07. The van der Waals surface area contributed by atoms with E-state index < -0.39 is 0 Å². The fourth-order valence-corrected chi connectivity index (χ4v) is 2.79. The Kier molecular flexibility index (Phi) is 7.72. The number of aldehydes is 2. The molecule has 3 rings (SSSR count). The van der Waals surface area contributed by atoms with Crippen LogP contribution in [-0.4, -0.2) is 17.7 Å². The molecule has 0 bridgehead atoms. The second-order valence-electron chi connectivity index (χ2n) is 6.84. The summed E-state index contributed by atoms with van der Waals surface area (Å²) in [6.07, 6.45) is 1.67. The van der Waals surface area contributed by atoms with Crippen molar-refractivity contribution in [2.75, 3.05) is 0 Å². The van der Waals surface area contributed by atoms with Crippen LogP contribution in [0.3, 0.4) is 0 Å². The first kappa shape index (κ1) is 21.9. The monoisotopic (exact) mass is 390 g/mol. The Morgan fingerprint density at radius 2 is 1.28 bits per heavy atom. The zero-order valence-electron chi connectivity index (χ0n) is 17.2. The smallest absolute Gasteiger partial charge is 0.150 e. The summed E-state index contributed by atoms with van der Waals surface area (Å²) in [4.78, 5) is 21.2. The predicted octanol–water partition coefficient (Wildman–Crippen LogP) is 5.52. The van der Waals surface area contributed by atoms with Crippen molar-refractivity contribution in [2.45, 2.75) is 34.3 Å². The van der Waals surface area contributed by atoms with Gasteiger partial charge in [-0.3, -0.25) is 9.59 Å². The number of phenolic OH excluding ortho intramolecular Hbond substituents is 1. The Bertz CT molecular complexity index is 991. The van der Waals surface area contributed by atoms with Crippen LogP contribution in [0.1, 0.15) is 48.5 Å². The topological polar surface area (TPSA) is 63.6 Å². The van der Waals surface area contributed by atoms with Crippen LogP contribution in [0, 0.1) is 27.7 Å². The second-order valence-corrected chi connectivity index (χ2v) is 6.84. The van der Waals surface area contributed by atoms with Crippen molar-refractivity contribution in [1.82, 2.24) is 0 Å². The number of carbonyl (C=O) groups is 2. The van der Waals surface area contributed by atoms with E-state index in [9.17, 15) is 14.7 Å². The first-order valence-electron chi connectivity index (χ1n) is 9.35. The highest BCUT2D eigenvalue weighted by molar-refractivity contribution is 5.79. The Morgan fingerprint density at radius 3 is 1.86 bits per heavy atom. The van der Waals surface area contributed by atoms with Gasteiger partial charge in [-0.15, -0.1) is 0 Å². The summed E-state index contributed by atoms with van der Waals surface area (Å²) in [6.45, 7) is 8.06. The molecule has 0 heterocycles. The molecule has 0 fully saturated rings. The van der Waals surface area contributed by atoms with Gasteiger partial charge in [-0.1, -0.05) is 30.3 Å². The maximum Gasteiger partial charge on any atom is 0.150 e. The fourth-order valence-electron chi connectivity index (χ4n) is 2.79. The second kappa shape index (κ2) is 10.2. The molecule has 0 amide bonds. The predicted molar refractivity (Wildman–Crippen MR) is 115 cm³/mol. The minimum Gasteiger partial charge on any atom is -0.508 e. The number of phenols is 1. The lowest BCUT2D eigenvalue weighted by atomic mass is 10.0. The number of ether oxygens (including phenoxy) is 1. The Labute approximate surface area is 171 Å². The van der Waals surface area contributed by atoms with Crippen LogP contribution in [0.2, 0.25) is 0 Å². The van der Waals surface area contributed by atoms with E-state index >= 15 is 0 Å². The molecule has 0 atom stereocenters. The van der Waals surface area contributed by atoms with Crippen LogP contribution in [0.15, 0.2) is 54.6 Å². The molecule has 0 saturated heterocycles. The summed E-state index contributed by atoms with van der Waals surface area (Å²) < 4.78 is 5.79. The average Bonchev–Trinajstić information content (AvgIpc) is 2.74. The number of rotatable bonds is 5. The molecule has 29 heavy (non-hydrogen) atoms. The van der Waals surface area contributed by atoms with Crippen LogP contribution in [-0.2, 0) is 6.61 Å². The van der Waals surface area contributed by atoms with Gasteiger partial charge in [0.05, 0.1) is 0 Å². The number of benzene rings is 3. The van der Waals surface area contributed by atoms with Crippen LogP contribution >= 0.6 is 0 Å². The first-order chi connectivity index (χ1) is 13.9. The third-order valence-corrected chi connectivity index (χ3v) is 5.07. The van der Waals surface area contributed by atoms with Gasteiger partial charge in [0.25, 0.3) is 0 Å². The van der Waals surface area contributed by atoms with Crippen molar-refractivity contribution in [3.05, 3.63) is 93.5 Å². The zero-order chi connectivity index (χ0) is 21.4. The molecule has 3 aromatic rings. The minimum atomic E-state index is 0.244. The standard InChI is InChI=1S/C16H16O2.C9H10O2/c1-12-13(2)16(9-8-15(12)10-17)18-11-14-6-4-3-5-7-14;1-6-7(2)9(11)4-3-8(6)5-10/h3-10H,11H2,1-2H3;3-5,11H,1-2H3. The van der Waals surface area contributed by atoms with Crippen molar-refractivity contribution in [1.29, 1.82) is 0 Å². The van der Waals surface area contributed by atoms with Gasteiger partial charge in [0.2, 0.25) is 0 Å². The molecule has 0 aliphatic heterocycles. The lowest BCUT2D eigenvalue weighted by Gasteiger charge is -2.12. The summed E-state index contributed by atoms with van der Waals surface area (Å²) in [6, 6.07) is 16.8. The van der Waals surface area contributed by atoms with Crippen LogP contribution in [0.5, 0.6) is 11.5 Å². The quantitative estimate of drug-likeness (QED) is 0.583. The molecule has 0 radical (unpaired) electrons. The van der Waals surface area contributed by atoms with Crippen molar-refractivity contribution in [3.8, 4) is 11.5 Å². The highest BCUT2D eigenvalue weighted by atomic mass is 16.5. The number of hydrogen-bond donors (Lipinski definition) is 1. The third kappa shape index (κ3) is 5.55. The fraction of sp³-hybridized carbons (Fsp3) is 0.200. The van der Waals surface area contributed by atoms with E-state index in [0.717, 1.165) is 51.7 Å². The van der Waals surface area contributed by atoms with Gasteiger partial charge in [0.1, 0.15) is 30.7 Å². The lowest BCUT2D eigenvalue weighted by molar-refractivity contribution is 0.111. The molecule has 0 unspecified atom stereocenters. The molecular weight excluding hydrogens is 364 g/mol. The SMILES string of the molecule is Cc1c(C=O)ccc(OCc2ccccc2)c1C.Cc1c(O)ccc(C=O)c1C. The molecule has 1 N–H and O–H groups in total. The summed E-state index contributed by atoms with van der Waals surface area (Å²) in [5.41, 5.74) is 6.12. The van der Waals surface area contributed by atoms with E-state index in [2.05, 4.69) is 0 Å². The summed E-state index contributed by atoms with van der Waals surface area (Å²) in [5.74, 6) is 1.08. The molecule has 0 spiro atoms. The first-order valence-corrected chi connectivity index (χ1v) is 9.35. The van der Waals surface area contributed by atoms with Crippen LogP contribution in [0.25, 0.3) is 0 Å². The molecule has 4 heteroatoms. The van der Waals surface area contributed by atoms with Gasteiger partial charge >= 0.3 is 0 Å². The van der Waals surface area contributed by atoms with Gasteiger partial charge in [0.15, 0.2) is 0 Å². The van der Waals surface area contributed by atoms with Gasteiger partial charge in [-0.25, -0.2) is 0 Å². The van der Waals surface area contributed by atoms with Crippen LogP contribution < -0.4 is 4.74 Å². The molecule has 4 nitrogen and oxygen atoms in total. The lowest BCUT2D eigenvalue weighted by Crippen LogP contribution is -1.99. The van der Waals surface area contributed by atoms with E-state index in [-0.39, 0.29) is 5.75 Å². The summed E-state index contributed by atoms with van der Waals surface area (Å²) in [7, 11) is 0. The van der Waals surface area contributed by atoms with Crippen molar-refractivity contribution in [2.24, 2.45) is 0 Å². The van der Waals surface area contributed by atoms with Gasteiger partial charge < -0.3 is 9.84 Å². The number of hydrogen-bond acceptors (Lipinski definition) is 4. The molecule has 0 aromatic heterocycles. The molecule has 0 saturated carbocycles. The van der Waals surface area contributed by atoms with Crippen molar-refractivity contribution in [3.63, 3.8) is 0 Å². The minimum absolute atomic E-state index is 0.244. The van der Waals surface area contributed by atoms with Gasteiger partial charge in [-0.05, 0) is 79.8 Å². The Morgan fingerprint density at radius 1 is 0.724 bits per heavy atom. The van der Waals surface area contributed by atoms with Gasteiger partial charge in [-0.2, -0.15) is 0 Å². The van der Waals surface area contributed by atoms with Crippen LogP contribution in [0.4, 0.5) is 0 Å². The largest absolute Gasteiger partial charge is 0.508 e. The molecule has 3 aromatic carbocycles. The normalized spacial score (nSPS) is 9.93. The van der Waals surface area contributed by atoms with Crippen molar-refractivity contribution < 1.29 is 19.4 Å². The summed E-state index contributed by atoms with van der Waals surface area (Å²) >= 11 is 0. The number of carbonyl (C=O) groups excluding carboxylic acids is 2. The molecule has 0 aliphatic rings. The van der Waals surface area contributed by atoms with E-state index in [0.29, 0.717) is 12.2 Å². The highest BCUT2D eigenvalue weighted by Crippen LogP contribution is 2.24. The summed E-state index contributed by atoms with van der Waals surface area (Å²) in [5, 5.41) is 9.20. The van der Waals surface area contributed by atoms with E-state index in [1.54, 1.807) is 19.1 Å². The maximum absolute atomic E-state index is 10.8. The highest BCUT2D eigenvalue weighted by Gasteiger charge is 2.07. The number of aromatic hydroxyl groups is 1. The van der Waals surface area contributed by atoms with Crippen molar-refractivity contribution >= 4 is 12.6 Å². The zero-order valence-corrected chi connectivity index (χ0v) is 17.2. The average molecular weight is 390 g/mol. The van der Waals surface area contributed by atoms with E-state index in [1.807, 2.05) is 57.2 Å². The van der Waals surface area contributed by atoms with E-state index in [1.165, 1.54) is 6.07 Å². The molecule has 0 aliphatic carbocycles. The Hall–Kier alpha value is -3.40. The van der Waals surface area contributed by atoms with E-state index in [4.69, 9.17) is 4.74 Å².